The van der Waals surface area contributed by atoms with Crippen LogP contribution in [0.3, 0.4) is 0 Å². The Labute approximate surface area is 207 Å². The Morgan fingerprint density at radius 3 is 1.91 bits per heavy atom. The van der Waals surface area contributed by atoms with Crippen LogP contribution >= 0.6 is 27.5 Å². The summed E-state index contributed by atoms with van der Waals surface area (Å²) in [6, 6.07) is 17.2. The third-order valence-electron chi connectivity index (χ3n) is 5.08. The largest absolute Gasteiger partial charge is 0.501 e. The Kier molecular flexibility index (Phi) is 9.03. The molecule has 4 nitrogen and oxygen atoms in total. The van der Waals surface area contributed by atoms with Gasteiger partial charge in [-0.1, -0.05) is 51.8 Å². The molecule has 0 heterocycles. The van der Waals surface area contributed by atoms with E-state index in [2.05, 4.69) is 15.9 Å². The zero-order valence-electron chi connectivity index (χ0n) is 18.8. The lowest BCUT2D eigenvalue weighted by Crippen LogP contribution is -2.23. The van der Waals surface area contributed by atoms with Crippen LogP contribution in [0.2, 0.25) is 5.02 Å². The third kappa shape index (κ3) is 6.42. The van der Waals surface area contributed by atoms with E-state index in [9.17, 15) is 0 Å². The van der Waals surface area contributed by atoms with Crippen molar-refractivity contribution in [1.82, 2.24) is 0 Å². The van der Waals surface area contributed by atoms with E-state index in [1.54, 1.807) is 26.4 Å². The summed E-state index contributed by atoms with van der Waals surface area (Å²) >= 11 is 9.98. The fourth-order valence-corrected chi connectivity index (χ4v) is 4.24. The second kappa shape index (κ2) is 12.0. The Bertz CT molecular complexity index is 1040. The number of hydrogen-bond donors (Lipinski definition) is 0. The van der Waals surface area contributed by atoms with Crippen molar-refractivity contribution in [2.45, 2.75) is 20.0 Å². The molecule has 0 aliphatic heterocycles. The number of anilines is 1. The second-order valence-corrected chi connectivity index (χ2v) is 8.46. The number of benzene rings is 3. The third-order valence-corrected chi connectivity index (χ3v) is 6.10. The van der Waals surface area contributed by atoms with E-state index in [4.69, 9.17) is 25.8 Å². The van der Waals surface area contributed by atoms with Crippen LogP contribution in [0.15, 0.2) is 65.3 Å². The molecule has 0 saturated heterocycles. The highest BCUT2D eigenvalue weighted by Gasteiger charge is 2.20. The minimum Gasteiger partial charge on any atom is -0.501 e. The van der Waals surface area contributed by atoms with E-state index >= 15 is 4.39 Å². The highest BCUT2D eigenvalue weighted by Crippen LogP contribution is 2.37. The van der Waals surface area contributed by atoms with Gasteiger partial charge >= 0.3 is 0 Å². The van der Waals surface area contributed by atoms with Gasteiger partial charge in [0.25, 0.3) is 0 Å². The lowest BCUT2D eigenvalue weighted by Gasteiger charge is -2.27. The molecule has 0 fully saturated rings. The quantitative estimate of drug-likeness (QED) is 0.199. The topological polar surface area (TPSA) is 30.9 Å². The van der Waals surface area contributed by atoms with Crippen LogP contribution in [0.25, 0.3) is 6.08 Å². The first kappa shape index (κ1) is 24.9. The molecule has 3 rings (SSSR count). The minimum atomic E-state index is -0.488. The molecular formula is C26H26BrClFNO3. The van der Waals surface area contributed by atoms with Crippen molar-refractivity contribution in [3.05, 3.63) is 92.9 Å². The van der Waals surface area contributed by atoms with Gasteiger partial charge in [-0.05, 0) is 54.5 Å². The summed E-state index contributed by atoms with van der Waals surface area (Å²) in [6.45, 7) is 3.35. The molecule has 3 aromatic carbocycles. The average molecular weight is 535 g/mol. The van der Waals surface area contributed by atoms with Crippen LogP contribution < -0.4 is 14.4 Å². The van der Waals surface area contributed by atoms with E-state index in [0.29, 0.717) is 35.4 Å². The fourth-order valence-electron chi connectivity index (χ4n) is 3.32. The van der Waals surface area contributed by atoms with Crippen LogP contribution in [-0.4, -0.2) is 20.8 Å². The summed E-state index contributed by atoms with van der Waals surface area (Å²) in [5, 5.41) is 0.0322. The number of halogens is 3. The predicted molar refractivity (Wildman–Crippen MR) is 136 cm³/mol. The van der Waals surface area contributed by atoms with Crippen molar-refractivity contribution < 1.29 is 18.6 Å². The zero-order valence-corrected chi connectivity index (χ0v) is 21.1. The first-order chi connectivity index (χ1) is 16.0. The molecule has 0 bridgehead atoms. The average Bonchev–Trinajstić information content (AvgIpc) is 2.84. The van der Waals surface area contributed by atoms with Crippen molar-refractivity contribution in [1.29, 1.82) is 0 Å². The van der Waals surface area contributed by atoms with Gasteiger partial charge in [0.2, 0.25) is 0 Å². The smallest absolute Gasteiger partial charge is 0.165 e. The number of hydrogen-bond acceptors (Lipinski definition) is 4. The van der Waals surface area contributed by atoms with E-state index in [0.717, 1.165) is 22.6 Å². The zero-order chi connectivity index (χ0) is 23.8. The normalized spacial score (nSPS) is 11.0. The summed E-state index contributed by atoms with van der Waals surface area (Å²) in [6.07, 6.45) is 3.16. The molecule has 0 unspecified atom stereocenters. The lowest BCUT2D eigenvalue weighted by atomic mass is 10.1. The first-order valence-electron chi connectivity index (χ1n) is 10.4. The number of methoxy groups -OCH3 is 2. The van der Waals surface area contributed by atoms with Crippen LogP contribution in [-0.2, 0) is 17.8 Å². The van der Waals surface area contributed by atoms with Gasteiger partial charge in [0.1, 0.15) is 11.5 Å². The maximum Gasteiger partial charge on any atom is 0.165 e. The maximum atomic E-state index is 15.5. The fraction of sp³-hybridized carbons (Fsp3) is 0.231. The van der Waals surface area contributed by atoms with E-state index < -0.39 is 5.82 Å². The van der Waals surface area contributed by atoms with E-state index in [-0.39, 0.29) is 5.02 Å². The molecular weight excluding hydrogens is 509 g/mol. The van der Waals surface area contributed by atoms with Gasteiger partial charge in [-0.2, -0.15) is 0 Å². The number of ether oxygens (including phenoxy) is 3. The Hall–Kier alpha value is -2.70. The Morgan fingerprint density at radius 1 is 0.939 bits per heavy atom. The van der Waals surface area contributed by atoms with Gasteiger partial charge in [-0.25, -0.2) is 4.39 Å². The molecule has 33 heavy (non-hydrogen) atoms. The van der Waals surface area contributed by atoms with Crippen molar-refractivity contribution in [2.24, 2.45) is 0 Å². The summed E-state index contributed by atoms with van der Waals surface area (Å²) in [5.74, 6) is 1.05. The predicted octanol–water partition coefficient (Wildman–Crippen LogP) is 7.47. The molecule has 0 amide bonds. The molecule has 0 aromatic heterocycles. The summed E-state index contributed by atoms with van der Waals surface area (Å²) in [5.41, 5.74) is 2.94. The van der Waals surface area contributed by atoms with Gasteiger partial charge in [-0.3, -0.25) is 0 Å². The van der Waals surface area contributed by atoms with Crippen LogP contribution in [0.4, 0.5) is 10.1 Å². The summed E-state index contributed by atoms with van der Waals surface area (Å²) in [7, 11) is 3.25. The standard InChI is InChI=1S/C26H26BrClFNO3/c1-4-33-14-13-22-23(27)15-24(26(29)25(22)28)30(16-18-5-9-20(31-2)10-6-18)17-19-7-11-21(32-3)12-8-19/h5-15H,4,16-17H2,1-3H3/b14-13+. The monoisotopic (exact) mass is 533 g/mol. The van der Waals surface area contributed by atoms with Crippen molar-refractivity contribution in [3.63, 3.8) is 0 Å². The molecule has 0 spiro atoms. The van der Waals surface area contributed by atoms with Gasteiger partial charge in [0.05, 0.1) is 37.8 Å². The summed E-state index contributed by atoms with van der Waals surface area (Å²) < 4.78 is 32.0. The number of nitrogens with zero attached hydrogens (tertiary/aromatic N) is 1. The maximum absolute atomic E-state index is 15.5. The second-order valence-electron chi connectivity index (χ2n) is 7.23. The van der Waals surface area contributed by atoms with Crippen molar-refractivity contribution >= 4 is 39.3 Å². The minimum absolute atomic E-state index is 0.0322. The Balaban J connectivity index is 1.99. The highest BCUT2D eigenvalue weighted by molar-refractivity contribution is 9.10. The van der Waals surface area contributed by atoms with Crippen LogP contribution in [0.5, 0.6) is 11.5 Å². The van der Waals surface area contributed by atoms with Gasteiger partial charge in [0.15, 0.2) is 5.82 Å². The van der Waals surface area contributed by atoms with Crippen LogP contribution in [0, 0.1) is 5.82 Å². The van der Waals surface area contributed by atoms with E-state index in [1.165, 1.54) is 6.26 Å². The molecule has 7 heteroatoms. The molecule has 174 valence electrons. The molecule has 0 radical (unpaired) electrons. The highest BCUT2D eigenvalue weighted by atomic mass is 79.9. The molecule has 3 aromatic rings. The molecule has 0 saturated carbocycles. The number of rotatable bonds is 10. The molecule has 0 N–H and O–H groups in total. The lowest BCUT2D eigenvalue weighted by molar-refractivity contribution is 0.272. The van der Waals surface area contributed by atoms with Gasteiger partial charge in [0, 0.05) is 23.1 Å². The van der Waals surface area contributed by atoms with Gasteiger partial charge in [-0.15, -0.1) is 0 Å². The molecule has 0 aliphatic rings. The summed E-state index contributed by atoms with van der Waals surface area (Å²) in [4.78, 5) is 1.95. The SMILES string of the molecule is CCO/C=C/c1c(Br)cc(N(Cc2ccc(OC)cc2)Cc2ccc(OC)cc2)c(F)c1Cl. The Morgan fingerprint density at radius 2 is 1.45 bits per heavy atom. The first-order valence-corrected chi connectivity index (χ1v) is 11.6. The van der Waals surface area contributed by atoms with E-state index in [1.807, 2.05) is 60.4 Å². The van der Waals surface area contributed by atoms with Crippen molar-refractivity contribution in [2.75, 3.05) is 25.7 Å². The van der Waals surface area contributed by atoms with Crippen LogP contribution in [0.1, 0.15) is 23.6 Å². The van der Waals surface area contributed by atoms with Gasteiger partial charge < -0.3 is 19.1 Å². The van der Waals surface area contributed by atoms with Crippen molar-refractivity contribution in [3.8, 4) is 11.5 Å². The molecule has 0 aliphatic carbocycles. The molecule has 0 atom stereocenters.